The highest BCUT2D eigenvalue weighted by molar-refractivity contribution is 5.91. The number of unbranched alkanes of at least 4 members (excludes halogenated alkanes) is 1. The van der Waals surface area contributed by atoms with Gasteiger partial charge in [-0.3, -0.25) is 4.79 Å². The van der Waals surface area contributed by atoms with Crippen molar-refractivity contribution >= 4 is 5.91 Å². The molecule has 0 aliphatic heterocycles. The number of nitrogens with zero attached hydrogens (tertiary/aromatic N) is 1. The normalized spacial score (nSPS) is 12.2. The lowest BCUT2D eigenvalue weighted by atomic mass is 10.2. The molecule has 0 bridgehead atoms. The molecule has 1 amide bonds. The zero-order valence-electron chi connectivity index (χ0n) is 8.84. The van der Waals surface area contributed by atoms with E-state index in [1.54, 1.807) is 6.92 Å². The molecule has 0 rings (SSSR count). The van der Waals surface area contributed by atoms with Gasteiger partial charge in [-0.05, 0) is 39.9 Å². The van der Waals surface area contributed by atoms with Crippen LogP contribution in [0.2, 0.25) is 0 Å². The Morgan fingerprint density at radius 1 is 1.54 bits per heavy atom. The monoisotopic (exact) mass is 184 g/mol. The molecular weight excluding hydrogens is 164 g/mol. The fourth-order valence-electron chi connectivity index (χ4n) is 0.938. The number of carbonyl (C=O) groups excluding carboxylic acids is 1. The summed E-state index contributed by atoms with van der Waals surface area (Å²) in [6.45, 7) is 6.02. The Morgan fingerprint density at radius 3 is 2.62 bits per heavy atom. The molecule has 0 fully saturated rings. The molecule has 0 unspecified atom stereocenters. The second-order valence-electron chi connectivity index (χ2n) is 3.29. The number of primary amides is 1. The van der Waals surface area contributed by atoms with Crippen molar-refractivity contribution in [3.63, 3.8) is 0 Å². The number of allylic oxidation sites excluding steroid dienone is 1. The molecule has 0 heterocycles. The van der Waals surface area contributed by atoms with Crippen molar-refractivity contribution in [2.24, 2.45) is 5.73 Å². The Hall–Kier alpha value is -0.830. The summed E-state index contributed by atoms with van der Waals surface area (Å²) in [5, 5.41) is 0. The van der Waals surface area contributed by atoms with Crippen LogP contribution in [-0.2, 0) is 4.79 Å². The van der Waals surface area contributed by atoms with Gasteiger partial charge in [-0.25, -0.2) is 0 Å². The van der Waals surface area contributed by atoms with Gasteiger partial charge in [-0.2, -0.15) is 0 Å². The lowest BCUT2D eigenvalue weighted by Gasteiger charge is -2.12. The van der Waals surface area contributed by atoms with Crippen LogP contribution in [0.3, 0.4) is 0 Å². The summed E-state index contributed by atoms with van der Waals surface area (Å²) < 4.78 is 0. The highest BCUT2D eigenvalue weighted by Gasteiger charge is 1.96. The number of amides is 1. The van der Waals surface area contributed by atoms with Crippen LogP contribution < -0.4 is 5.73 Å². The molecule has 3 heteroatoms. The second kappa shape index (κ2) is 6.66. The minimum atomic E-state index is -0.316. The fourth-order valence-corrected chi connectivity index (χ4v) is 0.938. The van der Waals surface area contributed by atoms with Gasteiger partial charge in [0.05, 0.1) is 0 Å². The first kappa shape index (κ1) is 12.2. The summed E-state index contributed by atoms with van der Waals surface area (Å²) in [6, 6.07) is 0. The van der Waals surface area contributed by atoms with Crippen LogP contribution in [0.4, 0.5) is 0 Å². The number of hydrogen-bond donors (Lipinski definition) is 1. The molecule has 0 aliphatic carbocycles. The molecule has 0 atom stereocenters. The average molecular weight is 184 g/mol. The Bertz CT molecular complexity index is 187. The van der Waals surface area contributed by atoms with Gasteiger partial charge in [-0.1, -0.05) is 13.0 Å². The van der Waals surface area contributed by atoms with Crippen LogP contribution in [0, 0.1) is 0 Å². The maximum Gasteiger partial charge on any atom is 0.244 e. The van der Waals surface area contributed by atoms with Gasteiger partial charge in [0.25, 0.3) is 0 Å². The largest absolute Gasteiger partial charge is 0.366 e. The van der Waals surface area contributed by atoms with Crippen LogP contribution in [0.25, 0.3) is 0 Å². The summed E-state index contributed by atoms with van der Waals surface area (Å²) in [7, 11) is 2.09. The Morgan fingerprint density at radius 2 is 2.15 bits per heavy atom. The first-order valence-corrected chi connectivity index (χ1v) is 4.73. The first-order chi connectivity index (χ1) is 6.07. The molecule has 0 aromatic carbocycles. The molecule has 0 radical (unpaired) electrons. The minimum absolute atomic E-state index is 0.316. The summed E-state index contributed by atoms with van der Waals surface area (Å²) >= 11 is 0. The molecule has 0 saturated carbocycles. The van der Waals surface area contributed by atoms with Crippen molar-refractivity contribution < 1.29 is 4.79 Å². The lowest BCUT2D eigenvalue weighted by Crippen LogP contribution is -2.18. The molecule has 0 spiro atoms. The van der Waals surface area contributed by atoms with Gasteiger partial charge in [0.1, 0.15) is 0 Å². The Balaban J connectivity index is 3.55. The van der Waals surface area contributed by atoms with Crippen LogP contribution in [0.5, 0.6) is 0 Å². The van der Waals surface area contributed by atoms with Crippen molar-refractivity contribution in [2.75, 3.05) is 20.1 Å². The van der Waals surface area contributed by atoms with Crippen LogP contribution in [-0.4, -0.2) is 30.9 Å². The Kier molecular flexibility index (Phi) is 6.24. The number of carbonyl (C=O) groups is 1. The smallest absolute Gasteiger partial charge is 0.244 e. The van der Waals surface area contributed by atoms with E-state index in [1.807, 2.05) is 6.08 Å². The zero-order valence-corrected chi connectivity index (χ0v) is 8.84. The second-order valence-corrected chi connectivity index (χ2v) is 3.29. The molecule has 13 heavy (non-hydrogen) atoms. The van der Waals surface area contributed by atoms with Crippen molar-refractivity contribution in [3.8, 4) is 0 Å². The van der Waals surface area contributed by atoms with E-state index in [-0.39, 0.29) is 5.91 Å². The van der Waals surface area contributed by atoms with Gasteiger partial charge in [0.2, 0.25) is 5.91 Å². The van der Waals surface area contributed by atoms with Gasteiger partial charge in [-0.15, -0.1) is 0 Å². The standard InChI is InChI=1S/C10H20N2O/c1-4-12(3)8-6-5-7-9(2)10(11)13/h7H,4-6,8H2,1-3H3,(H2,11,13). The van der Waals surface area contributed by atoms with E-state index < -0.39 is 0 Å². The first-order valence-electron chi connectivity index (χ1n) is 4.73. The number of hydrogen-bond acceptors (Lipinski definition) is 2. The molecule has 0 aromatic rings. The number of rotatable bonds is 6. The van der Waals surface area contributed by atoms with Gasteiger partial charge in [0, 0.05) is 5.57 Å². The molecular formula is C10H20N2O. The van der Waals surface area contributed by atoms with E-state index in [0.717, 1.165) is 25.9 Å². The predicted octanol–water partition coefficient (Wildman–Crippen LogP) is 1.15. The van der Waals surface area contributed by atoms with Gasteiger partial charge in [0.15, 0.2) is 0 Å². The van der Waals surface area contributed by atoms with E-state index in [4.69, 9.17) is 5.73 Å². The highest BCUT2D eigenvalue weighted by Crippen LogP contribution is 1.98. The topological polar surface area (TPSA) is 46.3 Å². The van der Waals surface area contributed by atoms with Gasteiger partial charge >= 0.3 is 0 Å². The maximum atomic E-state index is 10.6. The third-order valence-electron chi connectivity index (χ3n) is 2.12. The van der Waals surface area contributed by atoms with Crippen molar-refractivity contribution in [1.82, 2.24) is 4.90 Å². The summed E-state index contributed by atoms with van der Waals surface area (Å²) in [5.74, 6) is -0.316. The summed E-state index contributed by atoms with van der Waals surface area (Å²) in [6.07, 6.45) is 3.92. The third-order valence-corrected chi connectivity index (χ3v) is 2.12. The molecule has 2 N–H and O–H groups in total. The fraction of sp³-hybridized carbons (Fsp3) is 0.700. The lowest BCUT2D eigenvalue weighted by molar-refractivity contribution is -0.114. The van der Waals surface area contributed by atoms with E-state index in [1.165, 1.54) is 0 Å². The molecule has 76 valence electrons. The summed E-state index contributed by atoms with van der Waals surface area (Å²) in [5.41, 5.74) is 5.75. The van der Waals surface area contributed by atoms with Crippen LogP contribution in [0.15, 0.2) is 11.6 Å². The van der Waals surface area contributed by atoms with E-state index in [0.29, 0.717) is 5.57 Å². The molecule has 0 aliphatic rings. The van der Waals surface area contributed by atoms with Gasteiger partial charge < -0.3 is 10.6 Å². The van der Waals surface area contributed by atoms with Crippen LogP contribution in [0.1, 0.15) is 26.7 Å². The van der Waals surface area contributed by atoms with E-state index in [2.05, 4.69) is 18.9 Å². The van der Waals surface area contributed by atoms with Crippen LogP contribution >= 0.6 is 0 Å². The zero-order chi connectivity index (χ0) is 10.3. The SMILES string of the molecule is CCN(C)CCCC=C(C)C(N)=O. The summed E-state index contributed by atoms with van der Waals surface area (Å²) in [4.78, 5) is 12.9. The minimum Gasteiger partial charge on any atom is -0.366 e. The maximum absolute atomic E-state index is 10.6. The average Bonchev–Trinajstić information content (AvgIpc) is 2.11. The van der Waals surface area contributed by atoms with E-state index in [9.17, 15) is 4.79 Å². The Labute approximate surface area is 80.6 Å². The molecule has 0 saturated heterocycles. The third kappa shape index (κ3) is 6.34. The van der Waals surface area contributed by atoms with Crippen molar-refractivity contribution in [2.45, 2.75) is 26.7 Å². The van der Waals surface area contributed by atoms with E-state index >= 15 is 0 Å². The quantitative estimate of drug-likeness (QED) is 0.497. The number of nitrogens with two attached hydrogens (primary N) is 1. The van der Waals surface area contributed by atoms with Crippen molar-refractivity contribution in [1.29, 1.82) is 0 Å². The predicted molar refractivity (Wildman–Crippen MR) is 55.4 cm³/mol. The van der Waals surface area contributed by atoms with Crippen molar-refractivity contribution in [3.05, 3.63) is 11.6 Å². The molecule has 0 aromatic heterocycles. The molecule has 3 nitrogen and oxygen atoms in total. The highest BCUT2D eigenvalue weighted by atomic mass is 16.1.